The highest BCUT2D eigenvalue weighted by Gasteiger charge is 2.48. The Bertz CT molecular complexity index is 1430. The van der Waals surface area contributed by atoms with Crippen LogP contribution < -0.4 is 5.32 Å². The number of rotatable bonds is 5. The summed E-state index contributed by atoms with van der Waals surface area (Å²) in [6.45, 7) is 1.96. The molecule has 1 atom stereocenters. The first-order chi connectivity index (χ1) is 15.9. The minimum atomic E-state index is -0.769. The van der Waals surface area contributed by atoms with Crippen LogP contribution in [0.1, 0.15) is 37.4 Å². The molecule has 166 valence electrons. The second kappa shape index (κ2) is 7.09. The Hall–Kier alpha value is -3.82. The highest BCUT2D eigenvalue weighted by Crippen LogP contribution is 2.46. The van der Waals surface area contributed by atoms with Crippen molar-refractivity contribution in [1.82, 2.24) is 29.9 Å². The molecule has 10 heteroatoms. The van der Waals surface area contributed by atoms with E-state index in [1.165, 1.54) is 16.8 Å². The van der Waals surface area contributed by atoms with Crippen molar-refractivity contribution in [2.24, 2.45) is 5.92 Å². The number of halogens is 2. The number of pyridine rings is 1. The van der Waals surface area contributed by atoms with Crippen LogP contribution in [-0.4, -0.2) is 35.9 Å². The van der Waals surface area contributed by atoms with Crippen LogP contribution in [0.3, 0.4) is 0 Å². The predicted octanol–water partition coefficient (Wildman–Crippen LogP) is 3.62. The third-order valence-electron chi connectivity index (χ3n) is 6.38. The molecule has 8 nitrogen and oxygen atoms in total. The van der Waals surface area contributed by atoms with Gasteiger partial charge in [-0.2, -0.15) is 5.10 Å². The smallest absolute Gasteiger partial charge is 0.237 e. The number of anilines is 1. The zero-order valence-corrected chi connectivity index (χ0v) is 17.7. The van der Waals surface area contributed by atoms with Crippen molar-refractivity contribution in [2.45, 2.75) is 38.1 Å². The van der Waals surface area contributed by atoms with Crippen molar-refractivity contribution >= 4 is 22.8 Å². The molecule has 2 aliphatic rings. The minimum Gasteiger partial charge on any atom is -0.308 e. The normalized spacial score (nSPS) is 19.7. The van der Waals surface area contributed by atoms with Crippen molar-refractivity contribution in [2.75, 3.05) is 5.32 Å². The molecule has 1 unspecified atom stereocenters. The molecule has 0 saturated heterocycles. The Labute approximate surface area is 187 Å². The molecule has 1 aliphatic carbocycles. The zero-order chi connectivity index (χ0) is 22.7. The van der Waals surface area contributed by atoms with Crippen LogP contribution in [0.4, 0.5) is 14.6 Å². The maximum absolute atomic E-state index is 14.2. The Balaban J connectivity index is 1.44. The minimum absolute atomic E-state index is 0.0936. The standard InChI is InChI=1S/C23H19F2N7O/c1-23(9-12-6-7-12)18-20(28-22(23)33)27-19(30-29-18)17-15-8-14(24)10-26-21(15)32(31-17)11-13-4-2-3-5-16(13)25/h2-5,8,10,12H,6-7,9,11H2,1H3,(H,27,28,30,33). The first-order valence-electron chi connectivity index (χ1n) is 10.7. The molecule has 1 aromatic carbocycles. The van der Waals surface area contributed by atoms with E-state index in [9.17, 15) is 13.6 Å². The summed E-state index contributed by atoms with van der Waals surface area (Å²) in [6, 6.07) is 7.63. The monoisotopic (exact) mass is 447 g/mol. The van der Waals surface area contributed by atoms with Crippen LogP contribution in [0.25, 0.3) is 22.6 Å². The van der Waals surface area contributed by atoms with Gasteiger partial charge in [0.15, 0.2) is 11.5 Å². The third kappa shape index (κ3) is 3.24. The summed E-state index contributed by atoms with van der Waals surface area (Å²) >= 11 is 0. The van der Waals surface area contributed by atoms with Crippen LogP contribution in [0.2, 0.25) is 0 Å². The van der Waals surface area contributed by atoms with E-state index in [4.69, 9.17) is 0 Å². The van der Waals surface area contributed by atoms with Gasteiger partial charge in [-0.05, 0) is 31.4 Å². The molecular formula is C23H19F2N7O. The van der Waals surface area contributed by atoms with Gasteiger partial charge in [-0.1, -0.05) is 31.0 Å². The number of aromatic nitrogens is 6. The summed E-state index contributed by atoms with van der Waals surface area (Å²) < 4.78 is 29.8. The molecule has 0 bridgehead atoms. The lowest BCUT2D eigenvalue weighted by Gasteiger charge is -2.19. The lowest BCUT2D eigenvalue weighted by atomic mass is 9.82. The Morgan fingerprint density at radius 2 is 2.03 bits per heavy atom. The summed E-state index contributed by atoms with van der Waals surface area (Å²) in [7, 11) is 0. The van der Waals surface area contributed by atoms with Gasteiger partial charge >= 0.3 is 0 Å². The average Bonchev–Trinajstić information content (AvgIpc) is 3.48. The number of carbonyl (C=O) groups excluding carboxylic acids is 1. The molecule has 0 radical (unpaired) electrons. The molecule has 3 aromatic heterocycles. The van der Waals surface area contributed by atoms with E-state index in [0.717, 1.165) is 19.0 Å². The van der Waals surface area contributed by atoms with Gasteiger partial charge in [-0.3, -0.25) is 4.79 Å². The van der Waals surface area contributed by atoms with Crippen LogP contribution in [-0.2, 0) is 16.8 Å². The Kier molecular flexibility index (Phi) is 4.26. The number of carbonyl (C=O) groups is 1. The number of nitrogens with zero attached hydrogens (tertiary/aromatic N) is 6. The van der Waals surface area contributed by atoms with Crippen LogP contribution in [0.5, 0.6) is 0 Å². The van der Waals surface area contributed by atoms with Gasteiger partial charge in [0.2, 0.25) is 11.7 Å². The first kappa shape index (κ1) is 19.8. The van der Waals surface area contributed by atoms with Crippen molar-refractivity contribution in [3.8, 4) is 11.5 Å². The zero-order valence-electron chi connectivity index (χ0n) is 17.7. The van der Waals surface area contributed by atoms with E-state index in [2.05, 4.69) is 30.6 Å². The van der Waals surface area contributed by atoms with Gasteiger partial charge in [0.1, 0.15) is 23.0 Å². The molecule has 1 aliphatic heterocycles. The highest BCUT2D eigenvalue weighted by molar-refractivity contribution is 6.04. The summed E-state index contributed by atoms with van der Waals surface area (Å²) in [5.41, 5.74) is 0.780. The van der Waals surface area contributed by atoms with Crippen LogP contribution in [0.15, 0.2) is 36.5 Å². The second-order valence-corrected chi connectivity index (χ2v) is 8.89. The molecule has 33 heavy (non-hydrogen) atoms. The summed E-state index contributed by atoms with van der Waals surface area (Å²) in [4.78, 5) is 21.4. The number of hydrogen-bond donors (Lipinski definition) is 1. The van der Waals surface area contributed by atoms with E-state index in [-0.39, 0.29) is 29.8 Å². The summed E-state index contributed by atoms with van der Waals surface area (Å²) in [5.74, 6) is -0.0819. The van der Waals surface area contributed by atoms with Crippen molar-refractivity contribution in [3.05, 3.63) is 59.4 Å². The topological polar surface area (TPSA) is 98.5 Å². The van der Waals surface area contributed by atoms with Gasteiger partial charge in [0.25, 0.3) is 0 Å². The Morgan fingerprint density at radius 1 is 1.21 bits per heavy atom. The fourth-order valence-corrected chi connectivity index (χ4v) is 4.42. The van der Waals surface area contributed by atoms with E-state index < -0.39 is 11.2 Å². The molecule has 1 saturated carbocycles. The first-order valence-corrected chi connectivity index (χ1v) is 10.7. The fourth-order valence-electron chi connectivity index (χ4n) is 4.42. The molecule has 6 rings (SSSR count). The molecule has 1 N–H and O–H groups in total. The SMILES string of the molecule is CC1(CC2CC2)C(=O)Nc2nc(-c3nn(Cc4ccccc4F)c4ncc(F)cc34)nnc21. The molecule has 4 aromatic rings. The molecule has 1 amide bonds. The molecular weight excluding hydrogens is 428 g/mol. The quantitative estimate of drug-likeness (QED) is 0.502. The van der Waals surface area contributed by atoms with Gasteiger partial charge < -0.3 is 5.32 Å². The summed E-state index contributed by atoms with van der Waals surface area (Å²) in [5, 5.41) is 16.3. The number of amides is 1. The maximum Gasteiger partial charge on any atom is 0.237 e. The maximum atomic E-state index is 14.2. The number of fused-ring (bicyclic) bond motifs is 2. The molecule has 4 heterocycles. The number of hydrogen-bond acceptors (Lipinski definition) is 6. The molecule has 0 spiro atoms. The van der Waals surface area contributed by atoms with Crippen molar-refractivity contribution in [1.29, 1.82) is 0 Å². The van der Waals surface area contributed by atoms with Crippen LogP contribution >= 0.6 is 0 Å². The fraction of sp³-hybridized carbons (Fsp3) is 0.304. The predicted molar refractivity (Wildman–Crippen MR) is 115 cm³/mol. The van der Waals surface area contributed by atoms with E-state index in [0.29, 0.717) is 40.4 Å². The number of nitrogens with one attached hydrogen (secondary N) is 1. The average molecular weight is 447 g/mol. The largest absolute Gasteiger partial charge is 0.308 e. The van der Waals surface area contributed by atoms with E-state index in [1.54, 1.807) is 18.2 Å². The van der Waals surface area contributed by atoms with Gasteiger partial charge in [-0.15, -0.1) is 10.2 Å². The van der Waals surface area contributed by atoms with Crippen molar-refractivity contribution in [3.63, 3.8) is 0 Å². The third-order valence-corrected chi connectivity index (χ3v) is 6.38. The summed E-state index contributed by atoms with van der Waals surface area (Å²) in [6.07, 6.45) is 4.01. The lowest BCUT2D eigenvalue weighted by molar-refractivity contribution is -0.120. The lowest BCUT2D eigenvalue weighted by Crippen LogP contribution is -2.32. The van der Waals surface area contributed by atoms with Crippen LogP contribution in [0, 0.1) is 17.6 Å². The van der Waals surface area contributed by atoms with Gasteiger partial charge in [0.05, 0.1) is 23.5 Å². The van der Waals surface area contributed by atoms with E-state index >= 15 is 0 Å². The molecule has 1 fully saturated rings. The van der Waals surface area contributed by atoms with E-state index in [1.807, 2.05) is 6.92 Å². The van der Waals surface area contributed by atoms with Crippen molar-refractivity contribution < 1.29 is 13.6 Å². The van der Waals surface area contributed by atoms with Gasteiger partial charge in [0, 0.05) is 5.56 Å². The van der Waals surface area contributed by atoms with Gasteiger partial charge in [-0.25, -0.2) is 23.4 Å². The highest BCUT2D eigenvalue weighted by atomic mass is 19.1. The number of benzene rings is 1. The Morgan fingerprint density at radius 3 is 2.82 bits per heavy atom. The second-order valence-electron chi connectivity index (χ2n) is 8.89.